The summed E-state index contributed by atoms with van der Waals surface area (Å²) in [6, 6.07) is 7.25. The standard InChI is InChI=1S/C10H9ClN4/c1-2-9-12-14-10(15-13-9)7-3-5-8(11)6-4-7/h3-6H,2H2,1H3. The summed E-state index contributed by atoms with van der Waals surface area (Å²) in [5.74, 6) is 1.16. The second-order valence-electron chi connectivity index (χ2n) is 3.00. The first-order valence-electron chi connectivity index (χ1n) is 4.62. The van der Waals surface area contributed by atoms with E-state index >= 15 is 0 Å². The predicted octanol–water partition coefficient (Wildman–Crippen LogP) is 2.15. The molecule has 1 heterocycles. The zero-order valence-electron chi connectivity index (χ0n) is 8.18. The van der Waals surface area contributed by atoms with Crippen LogP contribution in [0.2, 0.25) is 5.02 Å². The summed E-state index contributed by atoms with van der Waals surface area (Å²) in [4.78, 5) is 0. The van der Waals surface area contributed by atoms with Gasteiger partial charge in [-0.2, -0.15) is 0 Å². The molecule has 0 aliphatic rings. The Morgan fingerprint density at radius 3 is 2.13 bits per heavy atom. The van der Waals surface area contributed by atoms with Crippen molar-refractivity contribution in [3.05, 3.63) is 35.1 Å². The fourth-order valence-electron chi connectivity index (χ4n) is 1.11. The van der Waals surface area contributed by atoms with Gasteiger partial charge >= 0.3 is 0 Å². The van der Waals surface area contributed by atoms with Crippen LogP contribution in [0.15, 0.2) is 24.3 Å². The van der Waals surface area contributed by atoms with Crippen molar-refractivity contribution in [2.75, 3.05) is 0 Å². The zero-order valence-corrected chi connectivity index (χ0v) is 8.94. The molecular weight excluding hydrogens is 212 g/mol. The Bertz CT molecular complexity index is 438. The lowest BCUT2D eigenvalue weighted by Crippen LogP contribution is -2.01. The molecule has 0 aliphatic heterocycles. The summed E-state index contributed by atoms with van der Waals surface area (Å²) in [6.07, 6.45) is 0.737. The van der Waals surface area contributed by atoms with Crippen LogP contribution in [-0.2, 0) is 6.42 Å². The lowest BCUT2D eigenvalue weighted by Gasteiger charge is -1.98. The van der Waals surface area contributed by atoms with E-state index in [1.54, 1.807) is 12.1 Å². The topological polar surface area (TPSA) is 51.6 Å². The van der Waals surface area contributed by atoms with E-state index in [0.29, 0.717) is 16.7 Å². The molecule has 0 fully saturated rings. The van der Waals surface area contributed by atoms with E-state index in [2.05, 4.69) is 20.4 Å². The highest BCUT2D eigenvalue weighted by molar-refractivity contribution is 6.30. The van der Waals surface area contributed by atoms with Gasteiger partial charge in [0.15, 0.2) is 5.82 Å². The van der Waals surface area contributed by atoms with E-state index in [-0.39, 0.29) is 0 Å². The first kappa shape index (κ1) is 9.98. The van der Waals surface area contributed by atoms with Gasteiger partial charge in [0, 0.05) is 17.0 Å². The molecule has 76 valence electrons. The summed E-state index contributed by atoms with van der Waals surface area (Å²) in [5, 5.41) is 16.5. The fourth-order valence-corrected chi connectivity index (χ4v) is 1.23. The van der Waals surface area contributed by atoms with Gasteiger partial charge in [0.25, 0.3) is 0 Å². The minimum atomic E-state index is 0.517. The molecule has 0 saturated carbocycles. The normalized spacial score (nSPS) is 10.3. The maximum Gasteiger partial charge on any atom is 0.203 e. The van der Waals surface area contributed by atoms with Crippen LogP contribution in [0.5, 0.6) is 0 Å². The average molecular weight is 221 g/mol. The smallest absolute Gasteiger partial charge is 0.131 e. The number of aromatic nitrogens is 4. The van der Waals surface area contributed by atoms with E-state index in [1.165, 1.54) is 0 Å². The Hall–Kier alpha value is -1.55. The SMILES string of the molecule is CCc1nnc(-c2ccc(Cl)cc2)nn1. The lowest BCUT2D eigenvalue weighted by atomic mass is 10.2. The van der Waals surface area contributed by atoms with E-state index in [1.807, 2.05) is 19.1 Å². The van der Waals surface area contributed by atoms with Crippen LogP contribution >= 0.6 is 11.6 Å². The molecule has 0 saturated heterocycles. The number of rotatable bonds is 2. The molecule has 0 amide bonds. The third-order valence-corrected chi connectivity index (χ3v) is 2.19. The van der Waals surface area contributed by atoms with Crippen LogP contribution in [0, 0.1) is 0 Å². The van der Waals surface area contributed by atoms with Crippen molar-refractivity contribution >= 4 is 11.6 Å². The summed E-state index contributed by atoms with van der Waals surface area (Å²) < 4.78 is 0. The molecule has 0 unspecified atom stereocenters. The van der Waals surface area contributed by atoms with Gasteiger partial charge in [-0.05, 0) is 24.3 Å². The molecule has 0 radical (unpaired) electrons. The van der Waals surface area contributed by atoms with Crippen molar-refractivity contribution in [2.45, 2.75) is 13.3 Å². The number of aryl methyl sites for hydroxylation is 1. The van der Waals surface area contributed by atoms with Gasteiger partial charge in [-0.1, -0.05) is 18.5 Å². The van der Waals surface area contributed by atoms with Crippen LogP contribution in [0.3, 0.4) is 0 Å². The third kappa shape index (κ3) is 2.27. The van der Waals surface area contributed by atoms with Crippen molar-refractivity contribution in [3.63, 3.8) is 0 Å². The number of hydrogen-bond acceptors (Lipinski definition) is 4. The second kappa shape index (κ2) is 4.31. The van der Waals surface area contributed by atoms with Crippen molar-refractivity contribution < 1.29 is 0 Å². The van der Waals surface area contributed by atoms with Gasteiger partial charge in [0.1, 0.15) is 0 Å². The zero-order chi connectivity index (χ0) is 10.7. The molecule has 2 aromatic rings. The molecule has 4 nitrogen and oxygen atoms in total. The third-order valence-electron chi connectivity index (χ3n) is 1.94. The van der Waals surface area contributed by atoms with E-state index in [9.17, 15) is 0 Å². The minimum absolute atomic E-state index is 0.517. The number of nitrogens with zero attached hydrogens (tertiary/aromatic N) is 4. The largest absolute Gasteiger partial charge is 0.203 e. The van der Waals surface area contributed by atoms with Crippen LogP contribution in [0.1, 0.15) is 12.7 Å². The molecule has 0 N–H and O–H groups in total. The number of halogens is 1. The molecule has 1 aromatic heterocycles. The summed E-state index contributed by atoms with van der Waals surface area (Å²) in [7, 11) is 0. The summed E-state index contributed by atoms with van der Waals surface area (Å²) in [5.41, 5.74) is 0.863. The van der Waals surface area contributed by atoms with Crippen molar-refractivity contribution in [1.82, 2.24) is 20.4 Å². The highest BCUT2D eigenvalue weighted by Crippen LogP contribution is 2.16. The average Bonchev–Trinajstić information content (AvgIpc) is 2.30. The minimum Gasteiger partial charge on any atom is -0.131 e. The van der Waals surface area contributed by atoms with Crippen molar-refractivity contribution in [3.8, 4) is 11.4 Å². The van der Waals surface area contributed by atoms with Gasteiger partial charge in [0.2, 0.25) is 5.82 Å². The van der Waals surface area contributed by atoms with E-state index < -0.39 is 0 Å². The molecule has 2 rings (SSSR count). The maximum atomic E-state index is 5.77. The van der Waals surface area contributed by atoms with Gasteiger partial charge in [0.05, 0.1) is 0 Å². The molecule has 0 aliphatic carbocycles. The molecule has 0 spiro atoms. The van der Waals surface area contributed by atoms with E-state index in [4.69, 9.17) is 11.6 Å². The predicted molar refractivity (Wildman–Crippen MR) is 57.4 cm³/mol. The molecule has 0 atom stereocenters. The summed E-state index contributed by atoms with van der Waals surface area (Å²) >= 11 is 5.77. The van der Waals surface area contributed by atoms with Gasteiger partial charge in [-0.15, -0.1) is 20.4 Å². The van der Waals surface area contributed by atoms with Crippen LogP contribution in [-0.4, -0.2) is 20.4 Å². The first-order valence-corrected chi connectivity index (χ1v) is 4.99. The van der Waals surface area contributed by atoms with E-state index in [0.717, 1.165) is 12.0 Å². The summed E-state index contributed by atoms with van der Waals surface area (Å²) in [6.45, 7) is 1.96. The molecule has 1 aromatic carbocycles. The number of hydrogen-bond donors (Lipinski definition) is 0. The molecular formula is C10H9ClN4. The maximum absolute atomic E-state index is 5.77. The van der Waals surface area contributed by atoms with Crippen LogP contribution in [0.25, 0.3) is 11.4 Å². The Morgan fingerprint density at radius 2 is 1.60 bits per heavy atom. The molecule has 0 bridgehead atoms. The van der Waals surface area contributed by atoms with Crippen LogP contribution < -0.4 is 0 Å². The second-order valence-corrected chi connectivity index (χ2v) is 3.44. The Kier molecular flexibility index (Phi) is 2.87. The molecule has 5 heteroatoms. The van der Waals surface area contributed by atoms with Crippen molar-refractivity contribution in [1.29, 1.82) is 0 Å². The Labute approximate surface area is 92.3 Å². The van der Waals surface area contributed by atoms with Crippen LogP contribution in [0.4, 0.5) is 0 Å². The van der Waals surface area contributed by atoms with Gasteiger partial charge in [-0.3, -0.25) is 0 Å². The van der Waals surface area contributed by atoms with Gasteiger partial charge < -0.3 is 0 Å². The number of benzene rings is 1. The highest BCUT2D eigenvalue weighted by atomic mass is 35.5. The quantitative estimate of drug-likeness (QED) is 0.778. The van der Waals surface area contributed by atoms with Crippen molar-refractivity contribution in [2.24, 2.45) is 0 Å². The molecule has 15 heavy (non-hydrogen) atoms. The van der Waals surface area contributed by atoms with Gasteiger partial charge in [-0.25, -0.2) is 0 Å². The Balaban J connectivity index is 2.33. The monoisotopic (exact) mass is 220 g/mol. The highest BCUT2D eigenvalue weighted by Gasteiger charge is 2.02. The lowest BCUT2D eigenvalue weighted by molar-refractivity contribution is 0.775. The Morgan fingerprint density at radius 1 is 1.00 bits per heavy atom. The fraction of sp³-hybridized carbons (Fsp3) is 0.200. The first-order chi connectivity index (χ1) is 7.29.